The minimum Gasteiger partial charge on any atom is -0.334 e. The highest BCUT2D eigenvalue weighted by Crippen LogP contribution is 2.31. The second-order valence-corrected chi connectivity index (χ2v) is 8.69. The van der Waals surface area contributed by atoms with Crippen molar-refractivity contribution in [1.29, 1.82) is 0 Å². The van der Waals surface area contributed by atoms with Crippen molar-refractivity contribution in [2.75, 3.05) is 13.1 Å². The Morgan fingerprint density at radius 3 is 2.38 bits per heavy atom. The molecule has 1 aliphatic rings. The molecule has 3 aromatic rings. The fraction of sp³-hybridized carbons (Fsp3) is 0.375. The zero-order chi connectivity index (χ0) is 23.2. The van der Waals surface area contributed by atoms with Crippen LogP contribution in [0.15, 0.2) is 36.7 Å². The van der Waals surface area contributed by atoms with Gasteiger partial charge in [0.2, 0.25) is 5.95 Å². The Kier molecular flexibility index (Phi) is 5.81. The summed E-state index contributed by atoms with van der Waals surface area (Å²) in [5, 5.41) is 3.49. The summed E-state index contributed by atoms with van der Waals surface area (Å²) < 4.78 is 30.6. The van der Waals surface area contributed by atoms with Crippen LogP contribution in [0.5, 0.6) is 0 Å². The number of aromatic nitrogens is 2. The number of carbonyl (C=O) groups excluding carboxylic acids is 2. The summed E-state index contributed by atoms with van der Waals surface area (Å²) in [6.07, 6.45) is 2.85. The number of rotatable bonds is 6. The third-order valence-electron chi connectivity index (χ3n) is 5.88. The van der Waals surface area contributed by atoms with Crippen molar-refractivity contribution in [2.24, 2.45) is 5.92 Å². The van der Waals surface area contributed by atoms with Gasteiger partial charge < -0.3 is 14.8 Å². The molecule has 6 nitrogen and oxygen atoms in total. The van der Waals surface area contributed by atoms with Gasteiger partial charge >= 0.3 is 0 Å². The summed E-state index contributed by atoms with van der Waals surface area (Å²) in [4.78, 5) is 31.9. The summed E-state index contributed by atoms with van der Waals surface area (Å²) >= 11 is 0. The van der Waals surface area contributed by atoms with Crippen LogP contribution < -0.4 is 5.32 Å². The molecule has 1 amide bonds. The lowest BCUT2D eigenvalue weighted by atomic mass is 9.93. The number of Topliss-reactive ketones (excluding diaryl/α,β-unsaturated/α-hetero) is 1. The van der Waals surface area contributed by atoms with Crippen LogP contribution in [0.1, 0.15) is 48.4 Å². The molecular formula is C24H26F2N4O2. The minimum absolute atomic E-state index is 0.0874. The third-order valence-corrected chi connectivity index (χ3v) is 5.88. The Morgan fingerprint density at radius 2 is 1.78 bits per heavy atom. The van der Waals surface area contributed by atoms with E-state index < -0.39 is 11.8 Å². The number of carbonyl (C=O) groups is 2. The van der Waals surface area contributed by atoms with Crippen LogP contribution in [0, 0.1) is 17.7 Å². The topological polar surface area (TPSA) is 67.2 Å². The molecular weight excluding hydrogens is 414 g/mol. The number of hydrogen-bond acceptors (Lipinski definition) is 4. The van der Waals surface area contributed by atoms with Gasteiger partial charge in [-0.2, -0.15) is 4.39 Å². The van der Waals surface area contributed by atoms with Crippen molar-refractivity contribution in [3.8, 4) is 5.69 Å². The van der Waals surface area contributed by atoms with E-state index >= 15 is 0 Å². The molecule has 0 bridgehead atoms. The Morgan fingerprint density at radius 1 is 1.09 bits per heavy atom. The predicted molar refractivity (Wildman–Crippen MR) is 118 cm³/mol. The summed E-state index contributed by atoms with van der Waals surface area (Å²) in [6, 6.07) is 5.16. The fourth-order valence-electron chi connectivity index (χ4n) is 4.31. The normalized spacial score (nSPS) is 14.2. The number of nitrogens with one attached hydrogen (secondary N) is 1. The van der Waals surface area contributed by atoms with Crippen molar-refractivity contribution < 1.29 is 18.4 Å². The fourth-order valence-corrected chi connectivity index (χ4v) is 4.31. The van der Waals surface area contributed by atoms with Crippen molar-refractivity contribution in [2.45, 2.75) is 39.8 Å². The SMILES string of the molecule is CC(C)N(C(=O)c1cc(F)ccc1-n1cc(C(=O)C2CNC2)c2ccnc(F)c21)C(C)C. The first-order valence-electron chi connectivity index (χ1n) is 10.7. The number of benzene rings is 1. The minimum atomic E-state index is -0.763. The maximum atomic E-state index is 14.9. The molecule has 4 rings (SSSR count). The van der Waals surface area contributed by atoms with Crippen LogP contribution in [-0.2, 0) is 0 Å². The van der Waals surface area contributed by atoms with Crippen LogP contribution in [0.4, 0.5) is 8.78 Å². The van der Waals surface area contributed by atoms with E-state index in [1.165, 1.54) is 29.1 Å². The average molecular weight is 440 g/mol. The molecule has 8 heteroatoms. The van der Waals surface area contributed by atoms with E-state index in [2.05, 4.69) is 10.3 Å². The monoisotopic (exact) mass is 440 g/mol. The summed E-state index contributed by atoms with van der Waals surface area (Å²) in [5.41, 5.74) is 0.840. The van der Waals surface area contributed by atoms with E-state index in [-0.39, 0.29) is 40.8 Å². The number of halogens is 2. The van der Waals surface area contributed by atoms with Crippen molar-refractivity contribution in [3.05, 3.63) is 59.6 Å². The van der Waals surface area contributed by atoms with Gasteiger partial charge in [0.25, 0.3) is 5.91 Å². The van der Waals surface area contributed by atoms with Crippen LogP contribution >= 0.6 is 0 Å². The summed E-state index contributed by atoms with van der Waals surface area (Å²) in [5.74, 6) is -1.99. The molecule has 0 spiro atoms. The van der Waals surface area contributed by atoms with E-state index in [1.807, 2.05) is 27.7 Å². The maximum absolute atomic E-state index is 14.9. The molecule has 32 heavy (non-hydrogen) atoms. The van der Waals surface area contributed by atoms with Gasteiger partial charge in [0.15, 0.2) is 5.78 Å². The molecule has 0 saturated carbocycles. The van der Waals surface area contributed by atoms with Gasteiger partial charge in [-0.1, -0.05) is 0 Å². The first-order valence-corrected chi connectivity index (χ1v) is 10.7. The molecule has 168 valence electrons. The lowest BCUT2D eigenvalue weighted by Crippen LogP contribution is -2.46. The van der Waals surface area contributed by atoms with E-state index in [0.717, 1.165) is 6.07 Å². The quantitative estimate of drug-likeness (QED) is 0.465. The lowest BCUT2D eigenvalue weighted by Gasteiger charge is -2.31. The lowest BCUT2D eigenvalue weighted by molar-refractivity contribution is 0.0643. The smallest absolute Gasteiger partial charge is 0.256 e. The summed E-state index contributed by atoms with van der Waals surface area (Å²) in [7, 11) is 0. The van der Waals surface area contributed by atoms with Gasteiger partial charge in [0, 0.05) is 54.4 Å². The van der Waals surface area contributed by atoms with Crippen LogP contribution in [0.25, 0.3) is 16.6 Å². The number of hydrogen-bond donors (Lipinski definition) is 1. The van der Waals surface area contributed by atoms with Gasteiger partial charge in [-0.25, -0.2) is 9.37 Å². The highest BCUT2D eigenvalue weighted by molar-refractivity contribution is 6.10. The molecule has 1 aromatic carbocycles. The number of ketones is 1. The van der Waals surface area contributed by atoms with Crippen molar-refractivity contribution >= 4 is 22.6 Å². The number of amides is 1. The van der Waals surface area contributed by atoms with Gasteiger partial charge in [-0.3, -0.25) is 9.59 Å². The molecule has 1 aliphatic heterocycles. The highest BCUT2D eigenvalue weighted by Gasteiger charge is 2.31. The second-order valence-electron chi connectivity index (χ2n) is 8.69. The Bertz CT molecular complexity index is 1190. The van der Waals surface area contributed by atoms with Gasteiger partial charge in [-0.05, 0) is 52.0 Å². The Balaban J connectivity index is 1.94. The van der Waals surface area contributed by atoms with E-state index in [1.54, 1.807) is 11.0 Å². The Hall–Kier alpha value is -3.13. The first kappa shape index (κ1) is 22.1. The number of nitrogens with zero attached hydrogens (tertiary/aromatic N) is 3. The molecule has 0 aliphatic carbocycles. The molecule has 1 fully saturated rings. The zero-order valence-electron chi connectivity index (χ0n) is 18.5. The largest absolute Gasteiger partial charge is 0.334 e. The maximum Gasteiger partial charge on any atom is 0.256 e. The zero-order valence-corrected chi connectivity index (χ0v) is 18.5. The molecule has 0 radical (unpaired) electrons. The first-order chi connectivity index (χ1) is 15.2. The summed E-state index contributed by atoms with van der Waals surface area (Å²) in [6.45, 7) is 8.67. The molecule has 2 aromatic heterocycles. The molecule has 0 unspecified atom stereocenters. The highest BCUT2D eigenvalue weighted by atomic mass is 19.1. The Labute approximate surface area is 185 Å². The third kappa shape index (κ3) is 3.68. The molecule has 0 atom stereocenters. The predicted octanol–water partition coefficient (Wildman–Crippen LogP) is 3.96. The standard InChI is InChI=1S/C24H26F2N4O2/c1-13(2)30(14(3)4)24(32)18-9-16(25)5-6-20(18)29-12-19(22(31)15-10-27-11-15)17-7-8-28-23(26)21(17)29/h5-9,12-15,27H,10-11H2,1-4H3. The molecule has 1 N–H and O–H groups in total. The van der Waals surface area contributed by atoms with E-state index in [9.17, 15) is 18.4 Å². The van der Waals surface area contributed by atoms with Gasteiger partial charge in [-0.15, -0.1) is 0 Å². The van der Waals surface area contributed by atoms with E-state index in [4.69, 9.17) is 0 Å². The van der Waals surface area contributed by atoms with Crippen molar-refractivity contribution in [3.63, 3.8) is 0 Å². The molecule has 1 saturated heterocycles. The number of pyridine rings is 1. The van der Waals surface area contributed by atoms with Crippen LogP contribution in [0.3, 0.4) is 0 Å². The average Bonchev–Trinajstić information content (AvgIpc) is 3.07. The molecule has 3 heterocycles. The van der Waals surface area contributed by atoms with Crippen LogP contribution in [-0.4, -0.2) is 51.3 Å². The van der Waals surface area contributed by atoms with Gasteiger partial charge in [0.05, 0.1) is 11.3 Å². The second kappa shape index (κ2) is 8.43. The van der Waals surface area contributed by atoms with Crippen LogP contribution in [0.2, 0.25) is 0 Å². The van der Waals surface area contributed by atoms with Crippen molar-refractivity contribution in [1.82, 2.24) is 19.8 Å². The van der Waals surface area contributed by atoms with Gasteiger partial charge in [0.1, 0.15) is 11.3 Å². The van der Waals surface area contributed by atoms with E-state index in [0.29, 0.717) is 29.7 Å². The number of fused-ring (bicyclic) bond motifs is 1.